The van der Waals surface area contributed by atoms with Gasteiger partial charge in [-0.15, -0.1) is 0 Å². The Balaban J connectivity index is 1.23. The highest BCUT2D eigenvalue weighted by Gasteiger charge is 2.18. The number of hydrogen-bond acceptors (Lipinski definition) is 0. The second-order valence-corrected chi connectivity index (χ2v) is 14.1. The Labute approximate surface area is 344 Å². The molecule has 0 amide bonds. The molecule has 12 aromatic rings. The minimum absolute atomic E-state index is 0.0339. The molecule has 258 valence electrons. The highest BCUT2D eigenvalue weighted by molar-refractivity contribution is 6.29. The summed E-state index contributed by atoms with van der Waals surface area (Å²) >= 11 is 0. The Morgan fingerprint density at radius 1 is 0.250 bits per heavy atom. The summed E-state index contributed by atoms with van der Waals surface area (Å²) in [5.41, 5.74) is 2.16. The van der Waals surface area contributed by atoms with Crippen molar-refractivity contribution >= 4 is 75.4 Å². The summed E-state index contributed by atoms with van der Waals surface area (Å²) in [4.78, 5) is 0. The number of benzene rings is 12. The lowest BCUT2D eigenvalue weighted by molar-refractivity contribution is 1.66. The normalized spacial score (nSPS) is 15.4. The smallest absolute Gasteiger partial charge is 0.0616 e. The van der Waals surface area contributed by atoms with Crippen molar-refractivity contribution < 1.29 is 19.2 Å². The zero-order valence-corrected chi connectivity index (χ0v) is 29.5. The molecule has 0 radical (unpaired) electrons. The van der Waals surface area contributed by atoms with E-state index in [4.69, 9.17) is 0 Å². The molecule has 12 rings (SSSR count). The van der Waals surface area contributed by atoms with E-state index in [1.54, 1.807) is 36.4 Å². The van der Waals surface area contributed by atoms with Gasteiger partial charge in [0.2, 0.25) is 0 Å². The Hall–Kier alpha value is -7.28. The van der Waals surface area contributed by atoms with E-state index in [-0.39, 0.29) is 88.2 Å². The van der Waals surface area contributed by atoms with Gasteiger partial charge >= 0.3 is 0 Å². The SMILES string of the molecule is [2H]c1c([2H])c([2H])c2c(-c3ccc4ccccc4c3)cccc2c1-c1c([2H])c([2H])c2c([2H])c([2H])c3c(-c4c([2H])c([2H])c([2H])c5c(-c6ccc7ccccc7c6)cccc45)c([2H])c([2H])c4c([2H])c([2H])c1c2c43. The van der Waals surface area contributed by atoms with Gasteiger partial charge in [0.05, 0.1) is 19.2 Å². The summed E-state index contributed by atoms with van der Waals surface area (Å²) in [6, 6.07) is 30.9. The van der Waals surface area contributed by atoms with Gasteiger partial charge < -0.3 is 0 Å². The first-order valence-corrected chi connectivity index (χ1v) is 18.4. The largest absolute Gasteiger partial charge is 0.0630 e. The molecule has 0 atom stereocenters. The quantitative estimate of drug-likeness (QED) is 0.159. The molecule has 0 bridgehead atoms. The van der Waals surface area contributed by atoms with Crippen molar-refractivity contribution in [1.29, 1.82) is 0 Å². The average Bonchev–Trinajstić information content (AvgIpc) is 3.37. The van der Waals surface area contributed by atoms with Crippen molar-refractivity contribution in [2.24, 2.45) is 0 Å². The van der Waals surface area contributed by atoms with Crippen LogP contribution in [-0.2, 0) is 0 Å². The molecule has 0 aliphatic rings. The van der Waals surface area contributed by atoms with Crippen LogP contribution in [0, 0.1) is 0 Å². The van der Waals surface area contributed by atoms with Crippen LogP contribution in [-0.4, -0.2) is 0 Å². The minimum Gasteiger partial charge on any atom is -0.0616 e. The highest BCUT2D eigenvalue weighted by atomic mass is 14.2. The van der Waals surface area contributed by atoms with Crippen LogP contribution < -0.4 is 0 Å². The van der Waals surface area contributed by atoms with Crippen LogP contribution in [0.5, 0.6) is 0 Å². The van der Waals surface area contributed by atoms with Gasteiger partial charge in [0.15, 0.2) is 0 Å². The van der Waals surface area contributed by atoms with Gasteiger partial charge in [-0.25, -0.2) is 0 Å². The summed E-state index contributed by atoms with van der Waals surface area (Å²) in [6.07, 6.45) is 0. The number of rotatable bonds is 4. The molecule has 0 N–H and O–H groups in total. The Morgan fingerprint density at radius 3 is 1.16 bits per heavy atom. The van der Waals surface area contributed by atoms with E-state index in [1.165, 1.54) is 0 Å². The molecular weight excluding hydrogens is 673 g/mol. The van der Waals surface area contributed by atoms with Crippen molar-refractivity contribution in [3.63, 3.8) is 0 Å². The summed E-state index contributed by atoms with van der Waals surface area (Å²) in [7, 11) is 0. The molecule has 0 aliphatic carbocycles. The first-order chi connectivity index (χ1) is 33.6. The molecule has 0 saturated heterocycles. The third-order valence-corrected chi connectivity index (χ3v) is 11.0. The molecule has 0 heteroatoms. The van der Waals surface area contributed by atoms with Gasteiger partial charge in [-0.3, -0.25) is 0 Å². The monoisotopic (exact) mass is 720 g/mol. The van der Waals surface area contributed by atoms with Crippen molar-refractivity contribution in [2.75, 3.05) is 0 Å². The first-order valence-electron chi connectivity index (χ1n) is 25.4. The fourth-order valence-electron chi connectivity index (χ4n) is 8.39. The maximum absolute atomic E-state index is 9.68. The Bertz CT molecular complexity index is 4070. The first kappa shape index (κ1) is 20.4. The zero-order valence-electron chi connectivity index (χ0n) is 43.5. The predicted molar refractivity (Wildman–Crippen MR) is 242 cm³/mol. The molecule has 0 spiro atoms. The molecule has 0 heterocycles. The minimum atomic E-state index is -0.549. The molecule has 0 nitrogen and oxygen atoms in total. The molecule has 0 aliphatic heterocycles. The topological polar surface area (TPSA) is 0 Å². The van der Waals surface area contributed by atoms with E-state index in [1.807, 2.05) is 84.9 Å². The van der Waals surface area contributed by atoms with Gasteiger partial charge in [0.25, 0.3) is 0 Å². The maximum Gasteiger partial charge on any atom is 0.0630 e. The van der Waals surface area contributed by atoms with E-state index in [0.29, 0.717) is 11.1 Å². The lowest BCUT2D eigenvalue weighted by atomic mass is 9.85. The fourth-order valence-corrected chi connectivity index (χ4v) is 8.39. The number of hydrogen-bond donors (Lipinski definition) is 0. The summed E-state index contributed by atoms with van der Waals surface area (Å²) in [6.45, 7) is 0. The Morgan fingerprint density at radius 2 is 0.679 bits per heavy atom. The second kappa shape index (κ2) is 12.1. The van der Waals surface area contributed by atoms with Gasteiger partial charge in [-0.1, -0.05) is 194 Å². The van der Waals surface area contributed by atoms with Crippen LogP contribution in [0.15, 0.2) is 206 Å². The van der Waals surface area contributed by atoms with E-state index < -0.39 is 72.5 Å². The van der Waals surface area contributed by atoms with Crippen LogP contribution >= 0.6 is 0 Å². The molecule has 56 heavy (non-hydrogen) atoms. The van der Waals surface area contributed by atoms with E-state index in [2.05, 4.69) is 0 Å². The van der Waals surface area contributed by atoms with E-state index in [9.17, 15) is 19.2 Å². The highest BCUT2D eigenvalue weighted by Crippen LogP contribution is 2.46. The van der Waals surface area contributed by atoms with Gasteiger partial charge in [0, 0.05) is 0 Å². The molecule has 12 aromatic carbocycles. The molecule has 0 saturated carbocycles. The van der Waals surface area contributed by atoms with Crippen LogP contribution in [0.25, 0.3) is 120 Å². The standard InChI is InChI=1S/C56H34/c1-3-11-39-33-41(23-21-35(39)9-1)43-13-5-17-47-45(43)15-7-19-49(47)51-29-25-37-28-32-54-52(30-26-38-27-31-53(51)55(37)56(38)54)50-20-8-16-46-44(14-6-18-48(46)50)42-24-22-36-10-2-4-12-40(36)34-42/h1-34H/i7D,8D,15D,16D,19D,20D,25D,26D,27D,28D,29D,30D,31D,32D. The van der Waals surface area contributed by atoms with E-state index in [0.717, 1.165) is 32.7 Å². The predicted octanol–water partition coefficient (Wildman–Crippen LogP) is 15.9. The summed E-state index contributed by atoms with van der Waals surface area (Å²) in [5, 5.41) is 4.17. The van der Waals surface area contributed by atoms with Gasteiger partial charge in [-0.05, 0) is 132 Å². The van der Waals surface area contributed by atoms with Crippen LogP contribution in [0.3, 0.4) is 0 Å². The van der Waals surface area contributed by atoms with Gasteiger partial charge in [0.1, 0.15) is 0 Å². The molecular formula is C56H34. The second-order valence-electron chi connectivity index (χ2n) is 14.1. The third kappa shape index (κ3) is 4.66. The summed E-state index contributed by atoms with van der Waals surface area (Å²) in [5.74, 6) is 0. The lowest BCUT2D eigenvalue weighted by Crippen LogP contribution is -1.91. The summed E-state index contributed by atoms with van der Waals surface area (Å²) < 4.78 is 133. The molecule has 0 unspecified atom stereocenters. The van der Waals surface area contributed by atoms with Crippen molar-refractivity contribution in [1.82, 2.24) is 0 Å². The maximum atomic E-state index is 9.68. The van der Waals surface area contributed by atoms with Crippen molar-refractivity contribution in [3.05, 3.63) is 206 Å². The van der Waals surface area contributed by atoms with E-state index >= 15 is 0 Å². The van der Waals surface area contributed by atoms with Crippen molar-refractivity contribution in [2.45, 2.75) is 0 Å². The lowest BCUT2D eigenvalue weighted by Gasteiger charge is -2.18. The van der Waals surface area contributed by atoms with Crippen LogP contribution in [0.4, 0.5) is 0 Å². The van der Waals surface area contributed by atoms with Crippen LogP contribution in [0.2, 0.25) is 0 Å². The molecule has 0 fully saturated rings. The third-order valence-electron chi connectivity index (χ3n) is 11.0. The van der Waals surface area contributed by atoms with Gasteiger partial charge in [-0.2, -0.15) is 0 Å². The molecule has 0 aromatic heterocycles. The Kier molecular flexibility index (Phi) is 4.42. The van der Waals surface area contributed by atoms with Crippen LogP contribution in [0.1, 0.15) is 19.2 Å². The number of fused-ring (bicyclic) bond motifs is 4. The van der Waals surface area contributed by atoms with Crippen molar-refractivity contribution in [3.8, 4) is 44.5 Å². The fraction of sp³-hybridized carbons (Fsp3) is 0. The zero-order chi connectivity index (χ0) is 48.9. The average molecular weight is 721 g/mol.